The highest BCUT2D eigenvalue weighted by molar-refractivity contribution is 7.99. The van der Waals surface area contributed by atoms with Crippen LogP contribution in [0.1, 0.15) is 5.56 Å². The summed E-state index contributed by atoms with van der Waals surface area (Å²) in [4.78, 5) is 30.3. The van der Waals surface area contributed by atoms with Crippen molar-refractivity contribution in [2.45, 2.75) is 5.16 Å². The van der Waals surface area contributed by atoms with E-state index < -0.39 is 0 Å². The zero-order chi connectivity index (χ0) is 23.9. The molecule has 0 bridgehead atoms. The van der Waals surface area contributed by atoms with Crippen LogP contribution in [0.4, 0.5) is 0 Å². The number of rotatable bonds is 8. The molecule has 172 valence electrons. The van der Waals surface area contributed by atoms with Crippen molar-refractivity contribution in [1.29, 1.82) is 0 Å². The van der Waals surface area contributed by atoms with Crippen LogP contribution in [0.2, 0.25) is 0 Å². The van der Waals surface area contributed by atoms with Crippen LogP contribution < -0.4 is 20.5 Å². The van der Waals surface area contributed by atoms with Gasteiger partial charge >= 0.3 is 0 Å². The molecule has 8 nitrogen and oxygen atoms in total. The maximum atomic E-state index is 13.2. The summed E-state index contributed by atoms with van der Waals surface area (Å²) < 4.78 is 12.0. The predicted octanol–water partition coefficient (Wildman–Crippen LogP) is 3.65. The first-order valence-corrected chi connectivity index (χ1v) is 11.3. The number of nitrogens with zero attached hydrogens (tertiary/aromatic N) is 3. The van der Waals surface area contributed by atoms with Crippen molar-refractivity contribution >= 4 is 34.8 Å². The largest absolute Gasteiger partial charge is 0.497 e. The van der Waals surface area contributed by atoms with Crippen LogP contribution in [0.25, 0.3) is 16.6 Å². The van der Waals surface area contributed by atoms with Gasteiger partial charge in [-0.3, -0.25) is 14.2 Å². The van der Waals surface area contributed by atoms with E-state index in [0.29, 0.717) is 38.8 Å². The highest BCUT2D eigenvalue weighted by Crippen LogP contribution is 2.23. The topological polar surface area (TPSA) is 94.8 Å². The molecule has 0 radical (unpaired) electrons. The number of carbonyl (C=O) groups is 1. The first-order chi connectivity index (χ1) is 16.6. The number of hydrazone groups is 1. The molecule has 3 aromatic carbocycles. The molecule has 4 rings (SSSR count). The second-order valence-electron chi connectivity index (χ2n) is 7.08. The van der Waals surface area contributed by atoms with Crippen LogP contribution in [-0.2, 0) is 4.79 Å². The normalized spacial score (nSPS) is 11.0. The minimum atomic E-state index is -0.337. The molecule has 4 aromatic rings. The maximum absolute atomic E-state index is 13.2. The van der Waals surface area contributed by atoms with E-state index in [1.54, 1.807) is 50.6 Å². The number of aromatic nitrogens is 2. The number of fused-ring (bicyclic) bond motifs is 1. The van der Waals surface area contributed by atoms with Gasteiger partial charge < -0.3 is 9.47 Å². The Kier molecular flexibility index (Phi) is 7.24. The molecule has 0 aliphatic heterocycles. The maximum Gasteiger partial charge on any atom is 0.266 e. The average Bonchev–Trinajstić information content (AvgIpc) is 2.88. The van der Waals surface area contributed by atoms with Crippen LogP contribution in [0, 0.1) is 0 Å². The molecular formula is C25H22N4O4S. The molecule has 1 N–H and O–H groups in total. The Balaban J connectivity index is 1.52. The molecule has 0 aliphatic carbocycles. The summed E-state index contributed by atoms with van der Waals surface area (Å²) in [5.74, 6) is 0.908. The van der Waals surface area contributed by atoms with Crippen molar-refractivity contribution in [3.05, 3.63) is 88.7 Å². The number of thioether (sulfide) groups is 1. The summed E-state index contributed by atoms with van der Waals surface area (Å²) in [6.45, 7) is 0. The van der Waals surface area contributed by atoms with E-state index in [0.717, 1.165) is 11.8 Å². The lowest BCUT2D eigenvalue weighted by molar-refractivity contribution is -0.118. The molecule has 0 saturated carbocycles. The van der Waals surface area contributed by atoms with Crippen LogP contribution >= 0.6 is 11.8 Å². The summed E-state index contributed by atoms with van der Waals surface area (Å²) in [6.07, 6.45) is 1.50. The number of nitrogens with one attached hydrogen (secondary N) is 1. The molecule has 0 saturated heterocycles. The van der Waals surface area contributed by atoms with E-state index in [4.69, 9.17) is 9.47 Å². The van der Waals surface area contributed by atoms with Gasteiger partial charge in [0.05, 0.1) is 42.8 Å². The molecule has 9 heteroatoms. The summed E-state index contributed by atoms with van der Waals surface area (Å²) in [6, 6.07) is 21.7. The monoisotopic (exact) mass is 474 g/mol. The first-order valence-electron chi connectivity index (χ1n) is 10.3. The highest BCUT2D eigenvalue weighted by atomic mass is 32.2. The third kappa shape index (κ3) is 5.10. The minimum absolute atomic E-state index is 0.0225. The second kappa shape index (κ2) is 10.7. The smallest absolute Gasteiger partial charge is 0.266 e. The Hall–Kier alpha value is -4.11. The quantitative estimate of drug-likeness (QED) is 0.181. The first kappa shape index (κ1) is 23.1. The fraction of sp³-hybridized carbons (Fsp3) is 0.120. The van der Waals surface area contributed by atoms with Crippen molar-refractivity contribution in [2.24, 2.45) is 5.10 Å². The number of carbonyl (C=O) groups excluding carboxylic acids is 1. The average molecular weight is 475 g/mol. The molecule has 0 spiro atoms. The van der Waals surface area contributed by atoms with Crippen molar-refractivity contribution in [3.8, 4) is 17.2 Å². The van der Waals surface area contributed by atoms with Gasteiger partial charge in [0.25, 0.3) is 11.5 Å². The van der Waals surface area contributed by atoms with E-state index in [1.807, 2.05) is 36.4 Å². The van der Waals surface area contributed by atoms with Gasteiger partial charge in [-0.05, 0) is 36.4 Å². The standard InChI is InChI=1S/C25H22N4O4S/c1-32-19-13-12-17(22(14-19)33-2)15-26-28-23(30)16-34-25-27-21-11-7-6-10-20(21)24(31)29(25)18-8-4-3-5-9-18/h3-15H,16H2,1-2H3,(H,28,30)/b26-15-. The Labute approximate surface area is 200 Å². The molecule has 0 unspecified atom stereocenters. The second-order valence-corrected chi connectivity index (χ2v) is 8.02. The molecule has 0 atom stereocenters. The van der Waals surface area contributed by atoms with E-state index in [2.05, 4.69) is 15.5 Å². The lowest BCUT2D eigenvalue weighted by Crippen LogP contribution is -2.24. The van der Waals surface area contributed by atoms with Gasteiger partial charge in [0, 0.05) is 11.6 Å². The van der Waals surface area contributed by atoms with Crippen molar-refractivity contribution < 1.29 is 14.3 Å². The Morgan fingerprint density at radius 2 is 1.82 bits per heavy atom. The zero-order valence-corrected chi connectivity index (χ0v) is 19.4. The Morgan fingerprint density at radius 1 is 1.06 bits per heavy atom. The van der Waals surface area contributed by atoms with Gasteiger partial charge in [-0.15, -0.1) is 0 Å². The van der Waals surface area contributed by atoms with Gasteiger partial charge in [-0.25, -0.2) is 10.4 Å². The summed E-state index contributed by atoms with van der Waals surface area (Å²) in [5, 5.41) is 4.95. The molecule has 0 fully saturated rings. The minimum Gasteiger partial charge on any atom is -0.497 e. The Bertz CT molecular complexity index is 1400. The molecule has 34 heavy (non-hydrogen) atoms. The van der Waals surface area contributed by atoms with E-state index >= 15 is 0 Å². The van der Waals surface area contributed by atoms with Gasteiger partial charge in [0.2, 0.25) is 0 Å². The summed E-state index contributed by atoms with van der Waals surface area (Å²) >= 11 is 1.16. The lowest BCUT2D eigenvalue weighted by Gasteiger charge is -2.12. The highest BCUT2D eigenvalue weighted by Gasteiger charge is 2.14. The number of benzene rings is 3. The number of para-hydroxylation sites is 2. The zero-order valence-electron chi connectivity index (χ0n) is 18.6. The van der Waals surface area contributed by atoms with E-state index in [9.17, 15) is 9.59 Å². The van der Waals surface area contributed by atoms with Crippen molar-refractivity contribution in [2.75, 3.05) is 20.0 Å². The molecular weight excluding hydrogens is 452 g/mol. The van der Waals surface area contributed by atoms with Crippen LogP contribution in [-0.4, -0.2) is 41.6 Å². The van der Waals surface area contributed by atoms with Gasteiger partial charge in [0.15, 0.2) is 5.16 Å². The van der Waals surface area contributed by atoms with Gasteiger partial charge in [-0.2, -0.15) is 5.10 Å². The van der Waals surface area contributed by atoms with Gasteiger partial charge in [-0.1, -0.05) is 42.1 Å². The Morgan fingerprint density at radius 3 is 2.59 bits per heavy atom. The van der Waals surface area contributed by atoms with E-state index in [-0.39, 0.29) is 17.2 Å². The number of ether oxygens (including phenoxy) is 2. The lowest BCUT2D eigenvalue weighted by atomic mass is 10.2. The third-order valence-electron chi connectivity index (χ3n) is 4.93. The summed E-state index contributed by atoms with van der Waals surface area (Å²) in [5.41, 5.74) is 4.25. The SMILES string of the molecule is COc1ccc(/C=N\NC(=O)CSc2nc3ccccc3c(=O)n2-c2ccccc2)c(OC)c1. The number of hydrogen-bond acceptors (Lipinski definition) is 7. The number of hydrogen-bond donors (Lipinski definition) is 1. The third-order valence-corrected chi connectivity index (χ3v) is 5.86. The predicted molar refractivity (Wildman–Crippen MR) is 133 cm³/mol. The van der Waals surface area contributed by atoms with Gasteiger partial charge in [0.1, 0.15) is 11.5 Å². The summed E-state index contributed by atoms with van der Waals surface area (Å²) in [7, 11) is 3.12. The van der Waals surface area contributed by atoms with Crippen molar-refractivity contribution in [1.82, 2.24) is 15.0 Å². The number of methoxy groups -OCH3 is 2. The molecule has 1 aromatic heterocycles. The molecule has 1 amide bonds. The van der Waals surface area contributed by atoms with Crippen molar-refractivity contribution in [3.63, 3.8) is 0 Å². The molecule has 0 aliphatic rings. The fourth-order valence-electron chi connectivity index (χ4n) is 3.28. The number of amides is 1. The van der Waals surface area contributed by atoms with Crippen LogP contribution in [0.5, 0.6) is 11.5 Å². The molecule has 1 heterocycles. The van der Waals surface area contributed by atoms with E-state index in [1.165, 1.54) is 10.8 Å². The fourth-order valence-corrected chi connectivity index (χ4v) is 4.08. The van der Waals surface area contributed by atoms with Crippen LogP contribution in [0.15, 0.2) is 87.8 Å². The van der Waals surface area contributed by atoms with Crippen LogP contribution in [0.3, 0.4) is 0 Å².